The van der Waals surface area contributed by atoms with Crippen molar-refractivity contribution < 1.29 is 9.53 Å². The monoisotopic (exact) mass is 394 g/mol. The number of carbonyl (C=O) groups excluding carboxylic acids is 1. The molecule has 0 bridgehead atoms. The SMILES string of the molecule is COC(=O)CCCCSCCCCCCCCCCCCBr. The summed E-state index contributed by atoms with van der Waals surface area (Å²) >= 11 is 5.52. The van der Waals surface area contributed by atoms with Crippen LogP contribution in [0.25, 0.3) is 0 Å². The van der Waals surface area contributed by atoms with E-state index in [-0.39, 0.29) is 5.97 Å². The molecule has 4 heteroatoms. The number of carbonyl (C=O) groups is 1. The second kappa shape index (κ2) is 19.3. The maximum absolute atomic E-state index is 10.9. The van der Waals surface area contributed by atoms with E-state index in [0.29, 0.717) is 6.42 Å². The summed E-state index contributed by atoms with van der Waals surface area (Å²) < 4.78 is 4.63. The van der Waals surface area contributed by atoms with Gasteiger partial charge in [0.05, 0.1) is 7.11 Å². The molecule has 22 heavy (non-hydrogen) atoms. The number of thioether (sulfide) groups is 1. The Morgan fingerprint density at radius 3 is 1.73 bits per heavy atom. The molecule has 0 rings (SSSR count). The van der Waals surface area contributed by atoms with Crippen LogP contribution in [0, 0.1) is 0 Å². The Labute approximate surface area is 150 Å². The van der Waals surface area contributed by atoms with Gasteiger partial charge in [-0.05, 0) is 37.2 Å². The van der Waals surface area contributed by atoms with Crippen molar-refractivity contribution in [3.63, 3.8) is 0 Å². The molecule has 2 nitrogen and oxygen atoms in total. The van der Waals surface area contributed by atoms with Gasteiger partial charge in [-0.15, -0.1) is 0 Å². The van der Waals surface area contributed by atoms with Crippen molar-refractivity contribution in [1.82, 2.24) is 0 Å². The molecule has 0 amide bonds. The van der Waals surface area contributed by atoms with Gasteiger partial charge in [0.15, 0.2) is 0 Å². The number of esters is 1. The molecule has 0 aliphatic carbocycles. The molecule has 0 aromatic heterocycles. The van der Waals surface area contributed by atoms with E-state index < -0.39 is 0 Å². The van der Waals surface area contributed by atoms with Crippen LogP contribution in [-0.2, 0) is 9.53 Å². The van der Waals surface area contributed by atoms with Crippen LogP contribution in [0.1, 0.15) is 83.5 Å². The molecule has 0 atom stereocenters. The van der Waals surface area contributed by atoms with E-state index in [1.54, 1.807) is 0 Å². The van der Waals surface area contributed by atoms with Gasteiger partial charge in [-0.1, -0.05) is 67.3 Å². The van der Waals surface area contributed by atoms with E-state index in [1.165, 1.54) is 82.8 Å². The first-order valence-corrected chi connectivity index (χ1v) is 11.3. The van der Waals surface area contributed by atoms with Gasteiger partial charge in [-0.2, -0.15) is 11.8 Å². The zero-order valence-electron chi connectivity index (χ0n) is 14.4. The minimum absolute atomic E-state index is 0.0758. The quantitative estimate of drug-likeness (QED) is 0.163. The van der Waals surface area contributed by atoms with Gasteiger partial charge in [-0.3, -0.25) is 4.79 Å². The number of hydrogen-bond acceptors (Lipinski definition) is 3. The van der Waals surface area contributed by atoms with E-state index in [0.717, 1.165) is 18.2 Å². The van der Waals surface area contributed by atoms with Crippen LogP contribution in [0.4, 0.5) is 0 Å². The van der Waals surface area contributed by atoms with E-state index in [1.807, 2.05) is 11.8 Å². The zero-order valence-corrected chi connectivity index (χ0v) is 16.8. The number of rotatable bonds is 17. The summed E-state index contributed by atoms with van der Waals surface area (Å²) in [5.74, 6) is 2.39. The van der Waals surface area contributed by atoms with Crippen LogP contribution in [-0.4, -0.2) is 29.9 Å². The summed E-state index contributed by atoms with van der Waals surface area (Å²) in [6, 6.07) is 0. The van der Waals surface area contributed by atoms with Crippen molar-refractivity contribution in [2.24, 2.45) is 0 Å². The van der Waals surface area contributed by atoms with Gasteiger partial charge in [0, 0.05) is 11.8 Å². The van der Waals surface area contributed by atoms with Crippen LogP contribution in [0.2, 0.25) is 0 Å². The third-order valence-electron chi connectivity index (χ3n) is 3.82. The molecule has 0 unspecified atom stereocenters. The fourth-order valence-corrected chi connectivity index (χ4v) is 3.81. The second-order valence-electron chi connectivity index (χ2n) is 5.87. The Morgan fingerprint density at radius 2 is 1.23 bits per heavy atom. The van der Waals surface area contributed by atoms with Crippen LogP contribution >= 0.6 is 27.7 Å². The molecule has 0 radical (unpaired) electrons. The first-order chi connectivity index (χ1) is 10.8. The molecule has 132 valence electrons. The minimum atomic E-state index is -0.0758. The first kappa shape index (κ1) is 22.3. The number of halogens is 1. The minimum Gasteiger partial charge on any atom is -0.469 e. The lowest BCUT2D eigenvalue weighted by atomic mass is 10.1. The third-order valence-corrected chi connectivity index (χ3v) is 5.53. The van der Waals surface area contributed by atoms with E-state index in [4.69, 9.17) is 0 Å². The van der Waals surface area contributed by atoms with Gasteiger partial charge < -0.3 is 4.74 Å². The van der Waals surface area contributed by atoms with Crippen LogP contribution in [0.15, 0.2) is 0 Å². The van der Waals surface area contributed by atoms with Crippen LogP contribution in [0.5, 0.6) is 0 Å². The summed E-state index contributed by atoms with van der Waals surface area (Å²) in [7, 11) is 1.46. The Kier molecular flexibility index (Phi) is 19.6. The van der Waals surface area contributed by atoms with Crippen molar-refractivity contribution in [1.29, 1.82) is 0 Å². The van der Waals surface area contributed by atoms with Crippen molar-refractivity contribution in [2.75, 3.05) is 23.9 Å². The molecule has 0 N–H and O–H groups in total. The summed E-state index contributed by atoms with van der Waals surface area (Å²) in [4.78, 5) is 10.9. The highest BCUT2D eigenvalue weighted by Gasteiger charge is 1.99. The molecular weight excluding hydrogens is 360 g/mol. The molecule has 0 aliphatic heterocycles. The molecule has 0 aliphatic rings. The maximum atomic E-state index is 10.9. The van der Waals surface area contributed by atoms with E-state index in [2.05, 4.69) is 20.7 Å². The fraction of sp³-hybridized carbons (Fsp3) is 0.944. The highest BCUT2D eigenvalue weighted by atomic mass is 79.9. The summed E-state index contributed by atoms with van der Waals surface area (Å²) in [5, 5.41) is 1.16. The predicted molar refractivity (Wildman–Crippen MR) is 103 cm³/mol. The highest BCUT2D eigenvalue weighted by Crippen LogP contribution is 2.13. The van der Waals surface area contributed by atoms with Crippen molar-refractivity contribution in [3.05, 3.63) is 0 Å². The Morgan fingerprint density at radius 1 is 0.773 bits per heavy atom. The fourth-order valence-electron chi connectivity index (χ4n) is 2.39. The summed E-state index contributed by atoms with van der Waals surface area (Å²) in [5.41, 5.74) is 0. The van der Waals surface area contributed by atoms with Gasteiger partial charge in [-0.25, -0.2) is 0 Å². The number of ether oxygens (including phenoxy) is 1. The normalized spacial score (nSPS) is 10.8. The second-order valence-corrected chi connectivity index (χ2v) is 7.89. The summed E-state index contributed by atoms with van der Waals surface area (Å²) in [6.45, 7) is 0. The Hall–Kier alpha value is 0.300. The molecule has 0 aromatic carbocycles. The molecule has 0 heterocycles. The predicted octanol–water partition coefficient (Wildman–Crippen LogP) is 6.36. The molecule has 0 fully saturated rings. The average Bonchev–Trinajstić information content (AvgIpc) is 2.54. The van der Waals surface area contributed by atoms with Crippen molar-refractivity contribution in [3.8, 4) is 0 Å². The lowest BCUT2D eigenvalue weighted by Gasteiger charge is -2.03. The highest BCUT2D eigenvalue weighted by molar-refractivity contribution is 9.09. The lowest BCUT2D eigenvalue weighted by molar-refractivity contribution is -0.140. The molecular formula is C18H35BrO2S. The topological polar surface area (TPSA) is 26.3 Å². The largest absolute Gasteiger partial charge is 0.469 e. The Bertz CT molecular complexity index is 237. The van der Waals surface area contributed by atoms with Crippen LogP contribution in [0.3, 0.4) is 0 Å². The van der Waals surface area contributed by atoms with E-state index >= 15 is 0 Å². The van der Waals surface area contributed by atoms with E-state index in [9.17, 15) is 4.79 Å². The van der Waals surface area contributed by atoms with Crippen molar-refractivity contribution >= 4 is 33.7 Å². The van der Waals surface area contributed by atoms with Crippen molar-refractivity contribution in [2.45, 2.75) is 83.5 Å². The van der Waals surface area contributed by atoms with Gasteiger partial charge in [0.2, 0.25) is 0 Å². The van der Waals surface area contributed by atoms with Gasteiger partial charge in [0.1, 0.15) is 0 Å². The van der Waals surface area contributed by atoms with Gasteiger partial charge >= 0.3 is 5.97 Å². The van der Waals surface area contributed by atoms with Gasteiger partial charge in [0.25, 0.3) is 0 Å². The Balaban J connectivity index is 2.98. The summed E-state index contributed by atoms with van der Waals surface area (Å²) in [6.07, 6.45) is 16.7. The zero-order chi connectivity index (χ0) is 16.3. The maximum Gasteiger partial charge on any atom is 0.305 e. The molecule has 0 saturated heterocycles. The molecule has 0 spiro atoms. The number of alkyl halides is 1. The molecule has 0 aromatic rings. The third kappa shape index (κ3) is 18.3. The van der Waals surface area contributed by atoms with Crippen LogP contribution < -0.4 is 0 Å². The number of methoxy groups -OCH3 is 1. The number of unbranched alkanes of at least 4 members (excludes halogenated alkanes) is 10. The smallest absolute Gasteiger partial charge is 0.305 e. The standard InChI is InChI=1S/C18H35BrO2S/c1-21-18(20)14-10-13-17-22-16-12-9-7-5-3-2-4-6-8-11-15-19/h2-17H2,1H3. The number of hydrogen-bond donors (Lipinski definition) is 0. The first-order valence-electron chi connectivity index (χ1n) is 9.01. The molecule has 0 saturated carbocycles. The lowest BCUT2D eigenvalue weighted by Crippen LogP contribution is -1.99. The average molecular weight is 395 g/mol.